The summed E-state index contributed by atoms with van der Waals surface area (Å²) in [5.74, 6) is 1.32. The topological polar surface area (TPSA) is 52.5 Å². The predicted molar refractivity (Wildman–Crippen MR) is 132 cm³/mol. The van der Waals surface area contributed by atoms with Crippen molar-refractivity contribution in [1.82, 2.24) is 9.88 Å². The summed E-state index contributed by atoms with van der Waals surface area (Å²) < 4.78 is 12.8. The first-order valence-electron chi connectivity index (χ1n) is 10.9. The number of nitrogens with zero attached hydrogens (tertiary/aromatic N) is 1. The van der Waals surface area contributed by atoms with Crippen LogP contribution >= 0.6 is 11.6 Å². The van der Waals surface area contributed by atoms with Gasteiger partial charge in [0.25, 0.3) is 0 Å². The number of aryl methyl sites for hydroxylation is 1. The van der Waals surface area contributed by atoms with Crippen molar-refractivity contribution in [2.24, 2.45) is 0 Å². The van der Waals surface area contributed by atoms with Crippen molar-refractivity contribution in [1.29, 1.82) is 0 Å². The van der Waals surface area contributed by atoms with Crippen LogP contribution < -0.4 is 14.8 Å². The third kappa shape index (κ3) is 5.32. The molecule has 1 amide bonds. The Bertz CT molecular complexity index is 1270. The van der Waals surface area contributed by atoms with Gasteiger partial charge in [0.2, 0.25) is 5.91 Å². The fourth-order valence-corrected chi connectivity index (χ4v) is 4.19. The van der Waals surface area contributed by atoms with Crippen LogP contribution in [0.2, 0.25) is 5.02 Å². The number of benzene rings is 3. The third-order valence-electron chi connectivity index (χ3n) is 5.73. The highest BCUT2D eigenvalue weighted by atomic mass is 35.5. The molecular formula is C27H27ClN2O3. The molecule has 3 aromatic carbocycles. The molecule has 0 saturated heterocycles. The van der Waals surface area contributed by atoms with Crippen LogP contribution in [-0.2, 0) is 24.3 Å². The monoisotopic (exact) mass is 462 g/mol. The van der Waals surface area contributed by atoms with Crippen LogP contribution in [0.3, 0.4) is 0 Å². The van der Waals surface area contributed by atoms with E-state index >= 15 is 0 Å². The normalized spacial score (nSPS) is 10.9. The molecular weight excluding hydrogens is 436 g/mol. The quantitative estimate of drug-likeness (QED) is 0.352. The molecule has 0 radical (unpaired) electrons. The van der Waals surface area contributed by atoms with Crippen molar-refractivity contribution in [2.45, 2.75) is 25.9 Å². The Morgan fingerprint density at radius 3 is 2.48 bits per heavy atom. The van der Waals surface area contributed by atoms with Crippen molar-refractivity contribution in [2.75, 3.05) is 14.2 Å². The van der Waals surface area contributed by atoms with Gasteiger partial charge < -0.3 is 19.4 Å². The van der Waals surface area contributed by atoms with Crippen molar-refractivity contribution in [3.8, 4) is 11.5 Å². The third-order valence-corrected chi connectivity index (χ3v) is 6.10. The van der Waals surface area contributed by atoms with Crippen LogP contribution in [0.4, 0.5) is 0 Å². The molecule has 33 heavy (non-hydrogen) atoms. The fraction of sp³-hybridized carbons (Fsp3) is 0.222. The minimum Gasteiger partial charge on any atom is -0.493 e. The van der Waals surface area contributed by atoms with E-state index < -0.39 is 0 Å². The maximum atomic E-state index is 12.6. The van der Waals surface area contributed by atoms with Crippen LogP contribution in [0.5, 0.6) is 11.5 Å². The van der Waals surface area contributed by atoms with Crippen molar-refractivity contribution in [3.05, 3.63) is 94.6 Å². The molecule has 5 nitrogen and oxygen atoms in total. The van der Waals surface area contributed by atoms with Gasteiger partial charge in [-0.2, -0.15) is 0 Å². The molecule has 0 spiro atoms. The number of methoxy groups -OCH3 is 2. The molecule has 170 valence electrons. The van der Waals surface area contributed by atoms with E-state index in [1.54, 1.807) is 14.2 Å². The molecule has 6 heteroatoms. The molecule has 4 aromatic rings. The Kier molecular flexibility index (Phi) is 7.20. The van der Waals surface area contributed by atoms with Gasteiger partial charge in [0.05, 0.1) is 14.2 Å². The second kappa shape index (κ2) is 10.5. The van der Waals surface area contributed by atoms with E-state index in [9.17, 15) is 4.79 Å². The number of rotatable bonds is 9. The number of amides is 1. The molecule has 0 unspecified atom stereocenters. The number of ether oxygens (including phenoxy) is 2. The Morgan fingerprint density at radius 2 is 1.70 bits per heavy atom. The van der Waals surface area contributed by atoms with Crippen molar-refractivity contribution < 1.29 is 14.3 Å². The molecule has 0 aliphatic carbocycles. The molecule has 4 rings (SSSR count). The highest BCUT2D eigenvalue weighted by molar-refractivity contribution is 6.31. The van der Waals surface area contributed by atoms with Crippen LogP contribution in [0.15, 0.2) is 72.9 Å². The van der Waals surface area contributed by atoms with Gasteiger partial charge in [0.1, 0.15) is 0 Å². The second-order valence-electron chi connectivity index (χ2n) is 7.86. The summed E-state index contributed by atoms with van der Waals surface area (Å²) in [7, 11) is 3.20. The molecule has 0 atom stereocenters. The van der Waals surface area contributed by atoms with E-state index in [2.05, 4.69) is 28.2 Å². The molecule has 0 aliphatic heterocycles. The van der Waals surface area contributed by atoms with Crippen molar-refractivity contribution >= 4 is 28.4 Å². The summed E-state index contributed by atoms with van der Waals surface area (Å²) >= 11 is 6.37. The Labute approximate surface area is 198 Å². The average Bonchev–Trinajstić information content (AvgIpc) is 3.20. The number of halogens is 1. The summed E-state index contributed by atoms with van der Waals surface area (Å²) in [5.41, 5.74) is 4.31. The average molecular weight is 463 g/mol. The first-order chi connectivity index (χ1) is 16.1. The lowest BCUT2D eigenvalue weighted by molar-refractivity contribution is -0.121. The number of fused-ring (bicyclic) bond motifs is 1. The van der Waals surface area contributed by atoms with Gasteiger partial charge in [0, 0.05) is 41.6 Å². The van der Waals surface area contributed by atoms with Crippen LogP contribution in [-0.4, -0.2) is 24.7 Å². The van der Waals surface area contributed by atoms with E-state index in [1.807, 2.05) is 54.6 Å². The summed E-state index contributed by atoms with van der Waals surface area (Å²) in [5, 5.41) is 4.92. The first-order valence-corrected chi connectivity index (χ1v) is 11.2. The number of para-hydroxylation sites is 1. The zero-order valence-electron chi connectivity index (χ0n) is 18.8. The lowest BCUT2D eigenvalue weighted by Crippen LogP contribution is -2.23. The SMILES string of the molecule is COc1ccc(CNC(=O)CCc2cn(Cc3ccccc3Cl)c3ccccc23)cc1OC. The predicted octanol–water partition coefficient (Wildman–Crippen LogP) is 5.61. The Hall–Kier alpha value is -3.44. The number of aromatic nitrogens is 1. The van der Waals surface area contributed by atoms with Gasteiger partial charge in [-0.3, -0.25) is 4.79 Å². The van der Waals surface area contributed by atoms with E-state index in [-0.39, 0.29) is 5.91 Å². The van der Waals surface area contributed by atoms with Crippen LogP contribution in [0.25, 0.3) is 10.9 Å². The van der Waals surface area contributed by atoms with E-state index in [4.69, 9.17) is 21.1 Å². The van der Waals surface area contributed by atoms with E-state index in [1.165, 1.54) is 0 Å². The highest BCUT2D eigenvalue weighted by Gasteiger charge is 2.12. The fourth-order valence-electron chi connectivity index (χ4n) is 3.99. The smallest absolute Gasteiger partial charge is 0.220 e. The lowest BCUT2D eigenvalue weighted by atomic mass is 10.1. The van der Waals surface area contributed by atoms with E-state index in [0.29, 0.717) is 37.4 Å². The standard InChI is InChI=1S/C27H27ClN2O3/c1-32-25-13-11-19(15-26(25)33-2)16-29-27(31)14-12-20-17-30(24-10-6-4-8-22(20)24)18-21-7-3-5-9-23(21)28/h3-11,13,15,17H,12,14,16,18H2,1-2H3,(H,29,31). The maximum absolute atomic E-state index is 12.6. The second-order valence-corrected chi connectivity index (χ2v) is 8.26. The summed E-state index contributed by atoms with van der Waals surface area (Å²) in [6.07, 6.45) is 3.21. The number of hydrogen-bond donors (Lipinski definition) is 1. The molecule has 0 saturated carbocycles. The Balaban J connectivity index is 1.42. The van der Waals surface area contributed by atoms with Gasteiger partial charge >= 0.3 is 0 Å². The number of carbonyl (C=O) groups is 1. The minimum absolute atomic E-state index is 0.00715. The highest BCUT2D eigenvalue weighted by Crippen LogP contribution is 2.28. The Morgan fingerprint density at radius 1 is 0.939 bits per heavy atom. The largest absolute Gasteiger partial charge is 0.493 e. The number of carbonyl (C=O) groups excluding carboxylic acids is 1. The van der Waals surface area contributed by atoms with Gasteiger partial charge in [-0.1, -0.05) is 54.1 Å². The van der Waals surface area contributed by atoms with Crippen LogP contribution in [0, 0.1) is 0 Å². The molecule has 0 bridgehead atoms. The van der Waals surface area contributed by atoms with Gasteiger partial charge in [0.15, 0.2) is 11.5 Å². The zero-order chi connectivity index (χ0) is 23.2. The summed E-state index contributed by atoms with van der Waals surface area (Å²) in [6, 6.07) is 21.8. The summed E-state index contributed by atoms with van der Waals surface area (Å²) in [6.45, 7) is 1.12. The first kappa shape index (κ1) is 22.7. The number of hydrogen-bond acceptors (Lipinski definition) is 3. The van der Waals surface area contributed by atoms with Gasteiger partial charge in [-0.15, -0.1) is 0 Å². The minimum atomic E-state index is 0.00715. The van der Waals surface area contributed by atoms with Crippen LogP contribution in [0.1, 0.15) is 23.1 Å². The molecule has 1 aromatic heterocycles. The maximum Gasteiger partial charge on any atom is 0.220 e. The molecule has 1 heterocycles. The molecule has 0 aliphatic rings. The number of nitrogens with one attached hydrogen (secondary N) is 1. The molecule has 1 N–H and O–H groups in total. The van der Waals surface area contributed by atoms with Crippen molar-refractivity contribution in [3.63, 3.8) is 0 Å². The lowest BCUT2D eigenvalue weighted by Gasteiger charge is -2.10. The molecule has 0 fully saturated rings. The van der Waals surface area contributed by atoms with E-state index in [0.717, 1.165) is 32.6 Å². The zero-order valence-corrected chi connectivity index (χ0v) is 19.6. The summed E-state index contributed by atoms with van der Waals surface area (Å²) in [4.78, 5) is 12.6. The van der Waals surface area contributed by atoms with Gasteiger partial charge in [-0.05, 0) is 47.4 Å². The van der Waals surface area contributed by atoms with Gasteiger partial charge in [-0.25, -0.2) is 0 Å².